The van der Waals surface area contributed by atoms with Gasteiger partial charge in [-0.05, 0) is 43.9 Å². The third-order valence-electron chi connectivity index (χ3n) is 7.86. The average molecular weight is 363 g/mol. The lowest BCUT2D eigenvalue weighted by Gasteiger charge is -2.68. The molecule has 26 heavy (non-hydrogen) atoms. The molecule has 4 aliphatic rings. The van der Waals surface area contributed by atoms with E-state index in [1.165, 1.54) is 19.3 Å². The highest BCUT2D eigenvalue weighted by molar-refractivity contribution is 5.24. The molecule has 4 nitrogen and oxygen atoms in total. The summed E-state index contributed by atoms with van der Waals surface area (Å²) in [6.07, 6.45) is 7.48. The minimum absolute atomic E-state index is 0.0848. The smallest absolute Gasteiger partial charge is 0.177 e. The Morgan fingerprint density at radius 1 is 1.12 bits per heavy atom. The molecule has 0 bridgehead atoms. The van der Waals surface area contributed by atoms with Crippen LogP contribution in [-0.2, 0) is 9.47 Å². The van der Waals surface area contributed by atoms with Crippen molar-refractivity contribution in [2.45, 2.75) is 83.2 Å². The van der Waals surface area contributed by atoms with Gasteiger partial charge in [0.05, 0.1) is 25.2 Å². The third kappa shape index (κ3) is 2.66. The Bertz CT molecular complexity index is 566. The molecule has 3 saturated carbocycles. The molecule has 4 rings (SSSR count). The Morgan fingerprint density at radius 3 is 2.46 bits per heavy atom. The summed E-state index contributed by atoms with van der Waals surface area (Å²) in [4.78, 5) is 0. The molecule has 0 aromatic carbocycles. The second kappa shape index (κ2) is 7.09. The summed E-state index contributed by atoms with van der Waals surface area (Å²) >= 11 is 0. The molecule has 0 aromatic rings. The standard InChI is InChI=1S/C22H34O4/c1-3-17-20-16(9-10-18(23)15-7-5-4-6-8-15)19(24)11-12-21(20,2)22(17)25-13-14-26-22/h15-20,23-24H,3-8,11-14H2,1-2H3/t16-,17?,18+,19+,20-,21-/m0/s1. The number of hydrogen-bond donors (Lipinski definition) is 2. The summed E-state index contributed by atoms with van der Waals surface area (Å²) in [5, 5.41) is 21.3. The van der Waals surface area contributed by atoms with E-state index in [0.29, 0.717) is 19.1 Å². The molecular formula is C22H34O4. The van der Waals surface area contributed by atoms with Crippen molar-refractivity contribution in [3.05, 3.63) is 0 Å². The van der Waals surface area contributed by atoms with Crippen molar-refractivity contribution < 1.29 is 19.7 Å². The van der Waals surface area contributed by atoms with Gasteiger partial charge >= 0.3 is 0 Å². The van der Waals surface area contributed by atoms with Crippen LogP contribution in [0.25, 0.3) is 0 Å². The highest BCUT2D eigenvalue weighted by atomic mass is 16.7. The summed E-state index contributed by atoms with van der Waals surface area (Å²) in [5.41, 5.74) is -0.0848. The molecule has 1 aliphatic heterocycles. The van der Waals surface area contributed by atoms with Gasteiger partial charge in [-0.25, -0.2) is 0 Å². The molecule has 0 aromatic heterocycles. The zero-order chi connectivity index (χ0) is 18.4. The first kappa shape index (κ1) is 18.7. The van der Waals surface area contributed by atoms with Crippen LogP contribution in [0.5, 0.6) is 0 Å². The molecule has 3 aliphatic carbocycles. The van der Waals surface area contributed by atoms with Crippen LogP contribution in [0.3, 0.4) is 0 Å². The van der Waals surface area contributed by atoms with Crippen LogP contribution in [0.1, 0.15) is 65.2 Å². The minimum atomic E-state index is -0.552. The minimum Gasteiger partial charge on any atom is -0.392 e. The molecule has 4 fully saturated rings. The van der Waals surface area contributed by atoms with E-state index in [1.807, 2.05) is 0 Å². The van der Waals surface area contributed by atoms with Crippen molar-refractivity contribution in [3.8, 4) is 11.8 Å². The maximum absolute atomic E-state index is 10.7. The molecule has 6 atom stereocenters. The van der Waals surface area contributed by atoms with Gasteiger partial charge in [0.15, 0.2) is 5.79 Å². The fourth-order valence-corrected chi connectivity index (χ4v) is 6.52. The molecule has 1 unspecified atom stereocenters. The average Bonchev–Trinajstić information content (AvgIpc) is 3.18. The van der Waals surface area contributed by atoms with Gasteiger partial charge in [0, 0.05) is 11.3 Å². The molecule has 2 N–H and O–H groups in total. The molecule has 1 spiro atoms. The summed E-state index contributed by atoms with van der Waals surface area (Å²) in [6, 6.07) is 0. The lowest BCUT2D eigenvalue weighted by molar-refractivity contribution is -0.384. The fraction of sp³-hybridized carbons (Fsp3) is 0.909. The molecule has 0 amide bonds. The van der Waals surface area contributed by atoms with E-state index in [9.17, 15) is 10.2 Å². The molecule has 4 heteroatoms. The Hall–Kier alpha value is -0.600. The second-order valence-corrected chi connectivity index (χ2v) is 9.09. The van der Waals surface area contributed by atoms with Crippen LogP contribution in [-0.4, -0.2) is 41.4 Å². The largest absolute Gasteiger partial charge is 0.392 e. The molecule has 146 valence electrons. The second-order valence-electron chi connectivity index (χ2n) is 9.09. The first-order valence-corrected chi connectivity index (χ1v) is 10.7. The third-order valence-corrected chi connectivity index (χ3v) is 7.86. The Balaban J connectivity index is 1.55. The monoisotopic (exact) mass is 362 g/mol. The van der Waals surface area contributed by atoms with Crippen LogP contribution in [0.15, 0.2) is 0 Å². The molecular weight excluding hydrogens is 328 g/mol. The number of rotatable bonds is 2. The highest BCUT2D eigenvalue weighted by Gasteiger charge is 2.75. The number of ether oxygens (including phenoxy) is 2. The van der Waals surface area contributed by atoms with Crippen LogP contribution in [0.4, 0.5) is 0 Å². The van der Waals surface area contributed by atoms with Crippen molar-refractivity contribution in [1.82, 2.24) is 0 Å². The van der Waals surface area contributed by atoms with Gasteiger partial charge in [-0.1, -0.05) is 45.0 Å². The lowest BCUT2D eigenvalue weighted by atomic mass is 9.41. The van der Waals surface area contributed by atoms with Crippen molar-refractivity contribution in [2.24, 2.45) is 29.1 Å². The van der Waals surface area contributed by atoms with Crippen molar-refractivity contribution >= 4 is 0 Å². The van der Waals surface area contributed by atoms with Gasteiger partial charge in [0.25, 0.3) is 0 Å². The lowest BCUT2D eigenvalue weighted by Crippen LogP contribution is -2.74. The van der Waals surface area contributed by atoms with Gasteiger partial charge in [-0.3, -0.25) is 0 Å². The molecule has 1 heterocycles. The zero-order valence-corrected chi connectivity index (χ0v) is 16.2. The molecule has 0 radical (unpaired) electrons. The Morgan fingerprint density at radius 2 is 1.81 bits per heavy atom. The van der Waals surface area contributed by atoms with E-state index in [2.05, 4.69) is 25.7 Å². The van der Waals surface area contributed by atoms with Crippen molar-refractivity contribution in [1.29, 1.82) is 0 Å². The van der Waals surface area contributed by atoms with Crippen LogP contribution >= 0.6 is 0 Å². The Labute approximate surface area is 157 Å². The predicted molar refractivity (Wildman–Crippen MR) is 99.1 cm³/mol. The van der Waals surface area contributed by atoms with E-state index >= 15 is 0 Å². The van der Waals surface area contributed by atoms with E-state index in [0.717, 1.165) is 32.1 Å². The normalized spacial score (nSPS) is 43.2. The quantitative estimate of drug-likeness (QED) is 0.741. The number of hydrogen-bond acceptors (Lipinski definition) is 4. The number of aliphatic hydroxyl groups is 2. The van der Waals surface area contributed by atoms with Crippen molar-refractivity contribution in [3.63, 3.8) is 0 Å². The highest BCUT2D eigenvalue weighted by Crippen LogP contribution is 2.70. The topological polar surface area (TPSA) is 58.9 Å². The first-order valence-electron chi connectivity index (χ1n) is 10.7. The van der Waals surface area contributed by atoms with Crippen molar-refractivity contribution in [2.75, 3.05) is 13.2 Å². The summed E-state index contributed by atoms with van der Waals surface area (Å²) < 4.78 is 12.3. The SMILES string of the molecule is CCC1[C@@H]2[C@@H](C#C[C@@H](O)C3CCCCC3)[C@H](O)CC[C@]2(C)C12OCCO2. The van der Waals surface area contributed by atoms with E-state index < -0.39 is 18.0 Å². The summed E-state index contributed by atoms with van der Waals surface area (Å²) in [6.45, 7) is 5.77. The van der Waals surface area contributed by atoms with E-state index in [4.69, 9.17) is 9.47 Å². The van der Waals surface area contributed by atoms with Gasteiger partial charge in [-0.15, -0.1) is 0 Å². The van der Waals surface area contributed by atoms with Crippen LogP contribution < -0.4 is 0 Å². The maximum Gasteiger partial charge on any atom is 0.177 e. The van der Waals surface area contributed by atoms with Crippen LogP contribution in [0.2, 0.25) is 0 Å². The Kier molecular flexibility index (Phi) is 5.11. The fourth-order valence-electron chi connectivity index (χ4n) is 6.52. The predicted octanol–water partition coefficient (Wildman–Crippen LogP) is 3.11. The molecule has 1 saturated heterocycles. The van der Waals surface area contributed by atoms with Gasteiger partial charge < -0.3 is 19.7 Å². The van der Waals surface area contributed by atoms with E-state index in [-0.39, 0.29) is 23.2 Å². The van der Waals surface area contributed by atoms with Gasteiger partial charge in [-0.2, -0.15) is 0 Å². The summed E-state index contributed by atoms with van der Waals surface area (Å²) in [5.74, 6) is 6.77. The summed E-state index contributed by atoms with van der Waals surface area (Å²) in [7, 11) is 0. The van der Waals surface area contributed by atoms with Gasteiger partial charge in [0.1, 0.15) is 6.10 Å². The zero-order valence-electron chi connectivity index (χ0n) is 16.2. The van der Waals surface area contributed by atoms with Crippen LogP contribution in [0, 0.1) is 40.9 Å². The van der Waals surface area contributed by atoms with E-state index in [1.54, 1.807) is 0 Å². The maximum atomic E-state index is 10.7. The number of aliphatic hydroxyl groups excluding tert-OH is 2. The first-order chi connectivity index (χ1) is 12.5. The van der Waals surface area contributed by atoms with Gasteiger partial charge in [0.2, 0.25) is 0 Å². The number of fused-ring (bicyclic) bond motifs is 2.